The van der Waals surface area contributed by atoms with Crippen LogP contribution < -0.4 is 49.6 Å². The van der Waals surface area contributed by atoms with Crippen LogP contribution in [0.15, 0.2) is 0 Å². The Morgan fingerprint density at radius 1 is 0.545 bits per heavy atom. The van der Waals surface area contributed by atoms with E-state index in [1.54, 1.807) is 0 Å². The van der Waals surface area contributed by atoms with Gasteiger partial charge in [0.1, 0.15) is 0 Å². The van der Waals surface area contributed by atoms with E-state index in [9.17, 15) is 0 Å². The third-order valence-electron chi connectivity index (χ3n) is 0.744. The molecule has 7 heteroatoms. The molecule has 0 amide bonds. The molecule has 11 heavy (non-hydrogen) atoms. The van der Waals surface area contributed by atoms with Crippen molar-refractivity contribution in [1.82, 2.24) is 0 Å². The summed E-state index contributed by atoms with van der Waals surface area (Å²) < 4.78 is 9.89. The van der Waals surface area contributed by atoms with Gasteiger partial charge in [-0.1, -0.05) is 0 Å². The van der Waals surface area contributed by atoms with Crippen molar-refractivity contribution in [2.45, 2.75) is 0 Å². The fraction of sp³-hybridized carbons (Fsp3) is 1.00. The van der Waals surface area contributed by atoms with Crippen molar-refractivity contribution < 1.29 is 80.8 Å². The Labute approximate surface area is 107 Å². The molecule has 0 aromatic rings. The Morgan fingerprint density at radius 3 is 0.818 bits per heavy atom. The number of ether oxygens (including phenoxy) is 2. The van der Waals surface area contributed by atoms with Gasteiger partial charge in [-0.25, -0.2) is 0 Å². The Bertz CT molecular complexity index is 35.6. The minimum absolute atomic E-state index is 0. The van der Waals surface area contributed by atoms with Crippen molar-refractivity contribution in [2.75, 3.05) is 26.4 Å². The van der Waals surface area contributed by atoms with E-state index in [4.69, 9.17) is 9.47 Å². The molecule has 1 heterocycles. The van der Waals surface area contributed by atoms with Crippen LogP contribution in [0.4, 0.5) is 0 Å². The average molecular weight is 278 g/mol. The van der Waals surface area contributed by atoms with Crippen LogP contribution in [0.2, 0.25) is 0 Å². The fourth-order valence-electron chi connectivity index (χ4n) is 0.440. The predicted octanol–water partition coefficient (Wildman–Crippen LogP) is -12.0. The van der Waals surface area contributed by atoms with Crippen LogP contribution >= 0.6 is 0 Å². The molecule has 0 spiro atoms. The first-order valence-electron chi connectivity index (χ1n) is 2.15. The van der Waals surface area contributed by atoms with Gasteiger partial charge in [0.25, 0.3) is 0 Å². The second kappa shape index (κ2) is 22.6. The molecule has 0 aliphatic carbocycles. The SMILES string of the molecule is C1COCCO1.[Cl-].[Cl-].[Cl-].[Cl-].[Ti+4]. The van der Waals surface area contributed by atoms with Crippen molar-refractivity contribution in [3.05, 3.63) is 0 Å². The summed E-state index contributed by atoms with van der Waals surface area (Å²) in [5.74, 6) is 0. The first kappa shape index (κ1) is 29.3. The Kier molecular flexibility index (Phi) is 60.2. The van der Waals surface area contributed by atoms with Crippen molar-refractivity contribution in [2.24, 2.45) is 0 Å². The van der Waals surface area contributed by atoms with Gasteiger partial charge in [-0.3, -0.25) is 0 Å². The third kappa shape index (κ3) is 18.6. The van der Waals surface area contributed by atoms with E-state index in [0.29, 0.717) is 0 Å². The maximum absolute atomic E-state index is 4.94. The second-order valence-electron chi connectivity index (χ2n) is 1.22. The first-order valence-corrected chi connectivity index (χ1v) is 2.15. The molecular formula is C4H8Cl4O2Ti. The molecule has 1 aliphatic rings. The molecule has 0 N–H and O–H groups in total. The zero-order valence-corrected chi connectivity index (χ0v) is 10.2. The van der Waals surface area contributed by atoms with Crippen LogP contribution in [-0.2, 0) is 31.2 Å². The van der Waals surface area contributed by atoms with Crippen LogP contribution in [0.3, 0.4) is 0 Å². The van der Waals surface area contributed by atoms with Crippen molar-refractivity contribution in [3.63, 3.8) is 0 Å². The zero-order chi connectivity index (χ0) is 4.24. The van der Waals surface area contributed by atoms with Gasteiger partial charge >= 0.3 is 21.7 Å². The molecule has 1 saturated heterocycles. The van der Waals surface area contributed by atoms with Gasteiger partial charge in [0.2, 0.25) is 0 Å². The summed E-state index contributed by atoms with van der Waals surface area (Å²) >= 11 is 0. The first-order chi connectivity index (χ1) is 3.00. The van der Waals surface area contributed by atoms with Gasteiger partial charge in [0, 0.05) is 0 Å². The second-order valence-corrected chi connectivity index (χ2v) is 1.22. The maximum Gasteiger partial charge on any atom is 4.00 e. The number of hydrogen-bond donors (Lipinski definition) is 0. The topological polar surface area (TPSA) is 18.5 Å². The van der Waals surface area contributed by atoms with E-state index >= 15 is 0 Å². The summed E-state index contributed by atoms with van der Waals surface area (Å²) in [6.07, 6.45) is 0. The van der Waals surface area contributed by atoms with E-state index in [1.807, 2.05) is 0 Å². The minimum Gasteiger partial charge on any atom is -1.00 e. The Morgan fingerprint density at radius 2 is 0.727 bits per heavy atom. The Balaban J connectivity index is -0.0000000240. The van der Waals surface area contributed by atoms with Gasteiger partial charge in [-0.2, -0.15) is 0 Å². The third-order valence-corrected chi connectivity index (χ3v) is 0.744. The molecule has 1 aliphatic heterocycles. The summed E-state index contributed by atoms with van der Waals surface area (Å²) in [6, 6.07) is 0. The van der Waals surface area contributed by atoms with Gasteiger partial charge in [-0.15, -0.1) is 0 Å². The molecule has 1 fully saturated rings. The molecule has 0 aromatic carbocycles. The van der Waals surface area contributed by atoms with Gasteiger partial charge in [-0.05, 0) is 0 Å². The zero-order valence-electron chi connectivity index (χ0n) is 5.66. The maximum atomic E-state index is 4.94. The summed E-state index contributed by atoms with van der Waals surface area (Å²) in [4.78, 5) is 0. The molecular weight excluding hydrogens is 270 g/mol. The molecule has 0 bridgehead atoms. The van der Waals surface area contributed by atoms with E-state index in [0.717, 1.165) is 26.4 Å². The minimum atomic E-state index is 0. The van der Waals surface area contributed by atoms with Gasteiger partial charge in [0.15, 0.2) is 0 Å². The number of halogens is 4. The molecule has 2 nitrogen and oxygen atoms in total. The van der Waals surface area contributed by atoms with Crippen LogP contribution in [0, 0.1) is 0 Å². The quantitative estimate of drug-likeness (QED) is 0.410. The molecule has 0 radical (unpaired) electrons. The summed E-state index contributed by atoms with van der Waals surface area (Å²) in [5, 5.41) is 0. The largest absolute Gasteiger partial charge is 4.00 e. The molecule has 0 aromatic heterocycles. The van der Waals surface area contributed by atoms with E-state index in [2.05, 4.69) is 0 Å². The molecule has 68 valence electrons. The summed E-state index contributed by atoms with van der Waals surface area (Å²) in [5.41, 5.74) is 0. The smallest absolute Gasteiger partial charge is 1.00 e. The number of rotatable bonds is 0. The van der Waals surface area contributed by atoms with Crippen molar-refractivity contribution in [3.8, 4) is 0 Å². The van der Waals surface area contributed by atoms with Gasteiger partial charge < -0.3 is 59.1 Å². The van der Waals surface area contributed by atoms with Crippen molar-refractivity contribution >= 4 is 0 Å². The van der Waals surface area contributed by atoms with Crippen LogP contribution in [0.1, 0.15) is 0 Å². The molecule has 0 atom stereocenters. The Hall–Kier alpha value is 1.79. The van der Waals surface area contributed by atoms with Crippen LogP contribution in [0.25, 0.3) is 0 Å². The normalized spacial score (nSPS) is 13.1. The monoisotopic (exact) mass is 276 g/mol. The fourth-order valence-corrected chi connectivity index (χ4v) is 0.440. The van der Waals surface area contributed by atoms with Crippen molar-refractivity contribution in [1.29, 1.82) is 0 Å². The average Bonchev–Trinajstić information content (AvgIpc) is 1.72. The summed E-state index contributed by atoms with van der Waals surface area (Å²) in [7, 11) is 0. The van der Waals surface area contributed by atoms with Gasteiger partial charge in [0.05, 0.1) is 26.4 Å². The van der Waals surface area contributed by atoms with E-state index in [-0.39, 0.29) is 71.3 Å². The molecule has 1 rings (SSSR count). The van der Waals surface area contributed by atoms with E-state index < -0.39 is 0 Å². The summed E-state index contributed by atoms with van der Waals surface area (Å²) in [6.45, 7) is 3.11. The van der Waals surface area contributed by atoms with Crippen LogP contribution in [-0.4, -0.2) is 26.4 Å². The molecule has 0 unspecified atom stereocenters. The molecule has 0 saturated carbocycles. The van der Waals surface area contributed by atoms with E-state index in [1.165, 1.54) is 0 Å². The number of hydrogen-bond acceptors (Lipinski definition) is 2. The standard InChI is InChI=1S/C4H8O2.4ClH.Ti/c1-2-6-4-3-5-1;;;;;/h1-4H2;4*1H;/q;;;;;+4/p-4. The predicted molar refractivity (Wildman–Crippen MR) is 21.6 cm³/mol. The van der Waals surface area contributed by atoms with Crippen LogP contribution in [0.5, 0.6) is 0 Å².